The second-order valence-electron chi connectivity index (χ2n) is 5.29. The number of nitrogens with one attached hydrogen (secondary N) is 2. The molecule has 2 rings (SSSR count). The first-order chi connectivity index (χ1) is 12.5. The molecule has 0 saturated carbocycles. The van der Waals surface area contributed by atoms with E-state index >= 15 is 0 Å². The minimum Gasteiger partial charge on any atom is -0.320 e. The van der Waals surface area contributed by atoms with Gasteiger partial charge in [-0.3, -0.25) is 4.57 Å². The Morgan fingerprint density at radius 1 is 1.04 bits per heavy atom. The van der Waals surface area contributed by atoms with E-state index in [1.54, 1.807) is 50.2 Å². The van der Waals surface area contributed by atoms with Crippen molar-refractivity contribution in [3.05, 3.63) is 64.6 Å². The summed E-state index contributed by atoms with van der Waals surface area (Å²) in [4.78, 5) is 12.5. The monoisotopic (exact) mass is 440 g/mol. The maximum atomic E-state index is 13.3. The molecule has 140 valence electrons. The summed E-state index contributed by atoms with van der Waals surface area (Å²) < 4.78 is 25.0. The number of hydrogen-bond donors (Lipinski definition) is 2. The van der Waals surface area contributed by atoms with Crippen molar-refractivity contribution < 1.29 is 18.4 Å². The Morgan fingerprint density at radius 2 is 1.62 bits per heavy atom. The average Bonchev–Trinajstić information content (AvgIpc) is 2.63. The molecule has 2 amide bonds. The van der Waals surface area contributed by atoms with Crippen LogP contribution in [0.4, 0.5) is 10.5 Å². The van der Waals surface area contributed by atoms with Crippen LogP contribution in [0.3, 0.4) is 0 Å². The number of benzene rings is 2. The number of carbonyl (C=O) groups excluding carboxylic acids is 1. The fraction of sp³-hybridized carbons (Fsp3) is 0.278. The SMILES string of the molecule is CCOP(=O)(OCC)[C@H](NC(=O)Nc1ccc(Br)cc1)c1ccccc1. The number of anilines is 1. The van der Waals surface area contributed by atoms with Gasteiger partial charge in [0.2, 0.25) is 0 Å². The predicted molar refractivity (Wildman–Crippen MR) is 106 cm³/mol. The van der Waals surface area contributed by atoms with Gasteiger partial charge in [0.15, 0.2) is 5.78 Å². The third-order valence-electron chi connectivity index (χ3n) is 3.42. The third-order valence-corrected chi connectivity index (χ3v) is 6.24. The Labute approximate surface area is 161 Å². The molecule has 2 aromatic rings. The first kappa shape index (κ1) is 20.6. The Morgan fingerprint density at radius 3 is 2.15 bits per heavy atom. The molecule has 2 N–H and O–H groups in total. The summed E-state index contributed by atoms with van der Waals surface area (Å²) >= 11 is 3.34. The maximum Gasteiger partial charge on any atom is 0.357 e. The highest BCUT2D eigenvalue weighted by molar-refractivity contribution is 9.10. The van der Waals surface area contributed by atoms with Crippen LogP contribution in [-0.4, -0.2) is 19.2 Å². The van der Waals surface area contributed by atoms with Crippen molar-refractivity contribution in [3.8, 4) is 0 Å². The Balaban J connectivity index is 2.24. The summed E-state index contributed by atoms with van der Waals surface area (Å²) in [7, 11) is -3.60. The van der Waals surface area contributed by atoms with E-state index in [-0.39, 0.29) is 13.2 Å². The highest BCUT2D eigenvalue weighted by atomic mass is 79.9. The molecule has 0 saturated heterocycles. The van der Waals surface area contributed by atoms with E-state index in [2.05, 4.69) is 26.6 Å². The smallest absolute Gasteiger partial charge is 0.320 e. The van der Waals surface area contributed by atoms with Crippen molar-refractivity contribution in [2.75, 3.05) is 18.5 Å². The van der Waals surface area contributed by atoms with Crippen LogP contribution >= 0.6 is 23.5 Å². The molecule has 0 aromatic heterocycles. The molecule has 0 aliphatic heterocycles. The third kappa shape index (κ3) is 5.68. The van der Waals surface area contributed by atoms with Crippen LogP contribution in [0.25, 0.3) is 0 Å². The van der Waals surface area contributed by atoms with Gasteiger partial charge in [0.1, 0.15) is 0 Å². The molecule has 0 radical (unpaired) electrons. The maximum absolute atomic E-state index is 13.3. The number of rotatable bonds is 8. The van der Waals surface area contributed by atoms with Gasteiger partial charge in [-0.2, -0.15) is 0 Å². The topological polar surface area (TPSA) is 76.7 Å². The van der Waals surface area contributed by atoms with Gasteiger partial charge in [0.05, 0.1) is 13.2 Å². The first-order valence-corrected chi connectivity index (χ1v) is 10.7. The quantitative estimate of drug-likeness (QED) is 0.528. The van der Waals surface area contributed by atoms with Crippen LogP contribution in [0.15, 0.2) is 59.1 Å². The van der Waals surface area contributed by atoms with Crippen molar-refractivity contribution in [2.45, 2.75) is 19.6 Å². The van der Waals surface area contributed by atoms with Crippen LogP contribution in [0.5, 0.6) is 0 Å². The lowest BCUT2D eigenvalue weighted by molar-refractivity contribution is 0.205. The normalized spacial score (nSPS) is 12.4. The summed E-state index contributed by atoms with van der Waals surface area (Å²) in [5, 5.41) is 5.45. The zero-order chi connectivity index (χ0) is 19.0. The molecule has 0 aliphatic rings. The van der Waals surface area contributed by atoms with Crippen molar-refractivity contribution in [2.24, 2.45) is 0 Å². The summed E-state index contributed by atoms with van der Waals surface area (Å²) in [6, 6.07) is 15.6. The number of halogens is 1. The van der Waals surface area contributed by atoms with Crippen LogP contribution in [-0.2, 0) is 13.6 Å². The lowest BCUT2D eigenvalue weighted by Gasteiger charge is -2.27. The standard InChI is InChI=1S/C18H22BrN2O4P/c1-3-24-26(23,25-4-2)17(14-8-6-5-7-9-14)21-18(22)20-16-12-10-15(19)11-13-16/h5-13,17H,3-4H2,1-2H3,(H2,20,21,22)/t17-/m0/s1. The lowest BCUT2D eigenvalue weighted by Crippen LogP contribution is -2.33. The average molecular weight is 441 g/mol. The van der Waals surface area contributed by atoms with Crippen LogP contribution in [0.1, 0.15) is 25.2 Å². The molecule has 0 unspecified atom stereocenters. The molecular weight excluding hydrogens is 419 g/mol. The molecule has 8 heteroatoms. The fourth-order valence-electron chi connectivity index (χ4n) is 2.35. The molecule has 0 spiro atoms. The van der Waals surface area contributed by atoms with E-state index in [0.717, 1.165) is 4.47 Å². The fourth-order valence-corrected chi connectivity index (χ4v) is 4.52. The minimum atomic E-state index is -3.60. The molecule has 0 heterocycles. The molecule has 0 aliphatic carbocycles. The van der Waals surface area contributed by atoms with Crippen LogP contribution in [0.2, 0.25) is 0 Å². The van der Waals surface area contributed by atoms with E-state index in [1.165, 1.54) is 0 Å². The van der Waals surface area contributed by atoms with Gasteiger partial charge >= 0.3 is 13.6 Å². The molecule has 0 fully saturated rings. The Kier molecular flexibility index (Phi) is 7.85. The molecule has 26 heavy (non-hydrogen) atoms. The zero-order valence-electron chi connectivity index (χ0n) is 14.6. The van der Waals surface area contributed by atoms with E-state index in [4.69, 9.17) is 9.05 Å². The second kappa shape index (κ2) is 9.88. The highest BCUT2D eigenvalue weighted by Gasteiger charge is 2.38. The Hall–Kier alpha value is -1.66. The van der Waals surface area contributed by atoms with Crippen molar-refractivity contribution in [1.29, 1.82) is 0 Å². The summed E-state index contributed by atoms with van der Waals surface area (Å²) in [5.41, 5.74) is 1.25. The molecule has 2 aromatic carbocycles. The summed E-state index contributed by atoms with van der Waals surface area (Å²) in [6.45, 7) is 3.87. The van der Waals surface area contributed by atoms with Gasteiger partial charge in [-0.15, -0.1) is 0 Å². The van der Waals surface area contributed by atoms with Gasteiger partial charge < -0.3 is 19.7 Å². The van der Waals surface area contributed by atoms with Gasteiger partial charge in [-0.1, -0.05) is 46.3 Å². The number of amides is 2. The lowest BCUT2D eigenvalue weighted by atomic mass is 10.2. The van der Waals surface area contributed by atoms with Crippen molar-refractivity contribution in [1.82, 2.24) is 5.32 Å². The van der Waals surface area contributed by atoms with Gasteiger partial charge in [-0.05, 0) is 43.7 Å². The minimum absolute atomic E-state index is 0.205. The van der Waals surface area contributed by atoms with E-state index in [1.807, 2.05) is 18.2 Å². The van der Waals surface area contributed by atoms with Gasteiger partial charge in [0, 0.05) is 10.2 Å². The highest BCUT2D eigenvalue weighted by Crippen LogP contribution is 2.59. The van der Waals surface area contributed by atoms with Crippen molar-refractivity contribution >= 4 is 35.2 Å². The van der Waals surface area contributed by atoms with E-state index < -0.39 is 19.4 Å². The molecule has 1 atom stereocenters. The van der Waals surface area contributed by atoms with Crippen LogP contribution < -0.4 is 10.6 Å². The summed E-state index contributed by atoms with van der Waals surface area (Å²) in [5.74, 6) is -0.918. The number of carbonyl (C=O) groups is 1. The molecule has 0 bridgehead atoms. The second-order valence-corrected chi connectivity index (χ2v) is 8.32. The number of urea groups is 1. The van der Waals surface area contributed by atoms with Gasteiger partial charge in [0.25, 0.3) is 0 Å². The van der Waals surface area contributed by atoms with Crippen molar-refractivity contribution in [3.63, 3.8) is 0 Å². The summed E-state index contributed by atoms with van der Waals surface area (Å²) in [6.07, 6.45) is 0. The predicted octanol–water partition coefficient (Wildman–Crippen LogP) is 5.54. The van der Waals surface area contributed by atoms with E-state index in [9.17, 15) is 9.36 Å². The number of hydrogen-bond acceptors (Lipinski definition) is 4. The zero-order valence-corrected chi connectivity index (χ0v) is 17.1. The van der Waals surface area contributed by atoms with Gasteiger partial charge in [-0.25, -0.2) is 4.79 Å². The molecule has 6 nitrogen and oxygen atoms in total. The first-order valence-electron chi connectivity index (χ1n) is 8.25. The largest absolute Gasteiger partial charge is 0.357 e. The van der Waals surface area contributed by atoms with Crippen LogP contribution in [0, 0.1) is 0 Å². The van der Waals surface area contributed by atoms with E-state index in [0.29, 0.717) is 11.3 Å². The molecular formula is C18H22BrN2O4P. The Bertz CT molecular complexity index is 746.